The van der Waals surface area contributed by atoms with E-state index in [1.54, 1.807) is 0 Å². The minimum absolute atomic E-state index is 0.154. The molecule has 0 aromatic rings. The number of hydrogen-bond donors (Lipinski definition) is 1. The summed E-state index contributed by atoms with van der Waals surface area (Å²) in [5, 5.41) is 0. The third kappa shape index (κ3) is 3.78. The van der Waals surface area contributed by atoms with Gasteiger partial charge in [0.2, 0.25) is 5.91 Å². The van der Waals surface area contributed by atoms with Crippen LogP contribution in [0.2, 0.25) is 0 Å². The quantitative estimate of drug-likeness (QED) is 0.798. The number of carbonyl (C=O) groups is 1. The molecule has 1 unspecified atom stereocenters. The number of likely N-dealkylation sites (tertiary alicyclic amines) is 1. The molecule has 1 aliphatic rings. The second-order valence-electron chi connectivity index (χ2n) is 5.78. The first-order valence-corrected chi connectivity index (χ1v) is 6.50. The first-order valence-electron chi connectivity index (χ1n) is 6.50. The molecule has 94 valence electrons. The van der Waals surface area contributed by atoms with E-state index in [9.17, 15) is 4.79 Å². The number of nitrogens with two attached hydrogens (primary N) is 1. The highest BCUT2D eigenvalue weighted by atomic mass is 16.2. The van der Waals surface area contributed by atoms with Crippen LogP contribution in [0.3, 0.4) is 0 Å². The van der Waals surface area contributed by atoms with E-state index in [-0.39, 0.29) is 17.4 Å². The molecule has 0 aliphatic carbocycles. The Kier molecular flexibility index (Phi) is 4.78. The molecule has 1 saturated heterocycles. The molecule has 16 heavy (non-hydrogen) atoms. The molecule has 0 radical (unpaired) electrons. The van der Waals surface area contributed by atoms with Crippen molar-refractivity contribution in [2.45, 2.75) is 58.9 Å². The van der Waals surface area contributed by atoms with Gasteiger partial charge in [0.25, 0.3) is 0 Å². The Morgan fingerprint density at radius 2 is 2.19 bits per heavy atom. The van der Waals surface area contributed by atoms with Crippen molar-refractivity contribution in [3.8, 4) is 0 Å². The molecule has 3 nitrogen and oxygen atoms in total. The Balaban J connectivity index is 2.46. The van der Waals surface area contributed by atoms with Gasteiger partial charge in [-0.2, -0.15) is 0 Å². The molecule has 3 heteroatoms. The summed E-state index contributed by atoms with van der Waals surface area (Å²) in [5.41, 5.74) is 6.19. The van der Waals surface area contributed by atoms with Gasteiger partial charge in [-0.3, -0.25) is 4.79 Å². The Morgan fingerprint density at radius 1 is 1.50 bits per heavy atom. The largest absolute Gasteiger partial charge is 0.341 e. The van der Waals surface area contributed by atoms with Gasteiger partial charge in [0.15, 0.2) is 0 Å². The Morgan fingerprint density at radius 3 is 2.75 bits per heavy atom. The molecule has 1 heterocycles. The molecule has 1 atom stereocenters. The molecule has 0 aromatic carbocycles. The predicted molar refractivity (Wildman–Crippen MR) is 67.1 cm³/mol. The summed E-state index contributed by atoms with van der Waals surface area (Å²) in [7, 11) is 0. The van der Waals surface area contributed by atoms with Crippen molar-refractivity contribution in [2.24, 2.45) is 11.1 Å². The van der Waals surface area contributed by atoms with Crippen molar-refractivity contribution in [1.29, 1.82) is 0 Å². The molecule has 1 aliphatic heterocycles. The first-order chi connectivity index (χ1) is 7.46. The smallest absolute Gasteiger partial charge is 0.239 e. The van der Waals surface area contributed by atoms with Crippen LogP contribution in [0.25, 0.3) is 0 Å². The van der Waals surface area contributed by atoms with Crippen LogP contribution >= 0.6 is 0 Å². The molecule has 2 N–H and O–H groups in total. The summed E-state index contributed by atoms with van der Waals surface area (Å²) >= 11 is 0. The molecular formula is C13H26N2O. The standard InChI is InChI=1S/C13H26N2O/c1-4-5-7-11(14)12(16)15-9-6-8-13(2,3)10-15/h11H,4-10,14H2,1-3H3. The summed E-state index contributed by atoms with van der Waals surface area (Å²) in [6.45, 7) is 8.34. The average molecular weight is 226 g/mol. The Hall–Kier alpha value is -0.570. The van der Waals surface area contributed by atoms with Crippen LogP contribution in [0.1, 0.15) is 52.9 Å². The van der Waals surface area contributed by atoms with Gasteiger partial charge in [-0.15, -0.1) is 0 Å². The normalized spacial score (nSPS) is 21.9. The van der Waals surface area contributed by atoms with E-state index in [0.29, 0.717) is 0 Å². The molecule has 0 bridgehead atoms. The fourth-order valence-electron chi connectivity index (χ4n) is 2.39. The summed E-state index contributed by atoms with van der Waals surface area (Å²) in [5.74, 6) is 0.154. The molecule has 0 aromatic heterocycles. The van der Waals surface area contributed by atoms with E-state index in [2.05, 4.69) is 20.8 Å². The van der Waals surface area contributed by atoms with Gasteiger partial charge in [-0.05, 0) is 24.7 Å². The summed E-state index contributed by atoms with van der Waals surface area (Å²) < 4.78 is 0. The number of hydrogen-bond acceptors (Lipinski definition) is 2. The zero-order chi connectivity index (χ0) is 12.2. The van der Waals surface area contributed by atoms with Crippen molar-refractivity contribution >= 4 is 5.91 Å². The minimum Gasteiger partial charge on any atom is -0.341 e. The van der Waals surface area contributed by atoms with Gasteiger partial charge in [-0.1, -0.05) is 33.6 Å². The van der Waals surface area contributed by atoms with E-state index in [4.69, 9.17) is 5.73 Å². The van der Waals surface area contributed by atoms with Gasteiger partial charge in [0.05, 0.1) is 6.04 Å². The lowest BCUT2D eigenvalue weighted by molar-refractivity contribution is -0.135. The van der Waals surface area contributed by atoms with E-state index >= 15 is 0 Å². The van der Waals surface area contributed by atoms with E-state index in [1.165, 1.54) is 6.42 Å². The second-order valence-corrected chi connectivity index (χ2v) is 5.78. The van der Waals surface area contributed by atoms with Crippen LogP contribution in [-0.4, -0.2) is 29.9 Å². The van der Waals surface area contributed by atoms with Crippen LogP contribution in [0.15, 0.2) is 0 Å². The van der Waals surface area contributed by atoms with Gasteiger partial charge in [0, 0.05) is 13.1 Å². The first kappa shape index (κ1) is 13.5. The van der Waals surface area contributed by atoms with Crippen molar-refractivity contribution in [2.75, 3.05) is 13.1 Å². The highest BCUT2D eigenvalue weighted by molar-refractivity contribution is 5.81. The van der Waals surface area contributed by atoms with Gasteiger partial charge in [-0.25, -0.2) is 0 Å². The fourth-order valence-corrected chi connectivity index (χ4v) is 2.39. The van der Waals surface area contributed by atoms with Crippen molar-refractivity contribution in [1.82, 2.24) is 4.90 Å². The Bertz CT molecular complexity index is 238. The van der Waals surface area contributed by atoms with Crippen LogP contribution < -0.4 is 5.73 Å². The number of unbranched alkanes of at least 4 members (excludes halogenated alkanes) is 1. The molecule has 1 fully saturated rings. The lowest BCUT2D eigenvalue weighted by Gasteiger charge is -2.39. The third-order valence-electron chi connectivity index (χ3n) is 3.40. The molecule has 1 amide bonds. The Labute approximate surface area is 99.4 Å². The molecule has 0 spiro atoms. The number of rotatable bonds is 4. The van der Waals surface area contributed by atoms with Crippen LogP contribution in [0.5, 0.6) is 0 Å². The fraction of sp³-hybridized carbons (Fsp3) is 0.923. The highest BCUT2D eigenvalue weighted by Gasteiger charge is 2.30. The van der Waals surface area contributed by atoms with E-state index in [0.717, 1.165) is 38.8 Å². The number of carbonyl (C=O) groups excluding carboxylic acids is 1. The maximum absolute atomic E-state index is 12.1. The number of amides is 1. The topological polar surface area (TPSA) is 46.3 Å². The van der Waals surface area contributed by atoms with Crippen LogP contribution in [0.4, 0.5) is 0 Å². The molecule has 0 saturated carbocycles. The van der Waals surface area contributed by atoms with Crippen molar-refractivity contribution in [3.63, 3.8) is 0 Å². The number of piperidine rings is 1. The van der Waals surface area contributed by atoms with Gasteiger partial charge >= 0.3 is 0 Å². The number of nitrogens with zero attached hydrogens (tertiary/aromatic N) is 1. The molecule has 1 rings (SSSR count). The van der Waals surface area contributed by atoms with E-state index in [1.807, 2.05) is 4.90 Å². The SMILES string of the molecule is CCCCC(N)C(=O)N1CCCC(C)(C)C1. The zero-order valence-corrected chi connectivity index (χ0v) is 11.0. The van der Waals surface area contributed by atoms with Crippen LogP contribution in [0, 0.1) is 5.41 Å². The van der Waals surface area contributed by atoms with Crippen molar-refractivity contribution in [3.05, 3.63) is 0 Å². The maximum Gasteiger partial charge on any atom is 0.239 e. The summed E-state index contributed by atoms with van der Waals surface area (Å²) in [6.07, 6.45) is 5.29. The van der Waals surface area contributed by atoms with Gasteiger partial charge in [0.1, 0.15) is 0 Å². The van der Waals surface area contributed by atoms with Crippen LogP contribution in [-0.2, 0) is 4.79 Å². The lowest BCUT2D eigenvalue weighted by atomic mass is 9.84. The zero-order valence-electron chi connectivity index (χ0n) is 11.0. The van der Waals surface area contributed by atoms with Crippen molar-refractivity contribution < 1.29 is 4.79 Å². The lowest BCUT2D eigenvalue weighted by Crippen LogP contribution is -2.50. The third-order valence-corrected chi connectivity index (χ3v) is 3.40. The highest BCUT2D eigenvalue weighted by Crippen LogP contribution is 2.28. The predicted octanol–water partition coefficient (Wildman–Crippen LogP) is 2.15. The molecular weight excluding hydrogens is 200 g/mol. The van der Waals surface area contributed by atoms with E-state index < -0.39 is 0 Å². The average Bonchev–Trinajstić information content (AvgIpc) is 2.23. The summed E-state index contributed by atoms with van der Waals surface area (Å²) in [4.78, 5) is 14.1. The maximum atomic E-state index is 12.1. The second kappa shape index (κ2) is 5.67. The van der Waals surface area contributed by atoms with Gasteiger partial charge < -0.3 is 10.6 Å². The summed E-state index contributed by atoms with van der Waals surface area (Å²) in [6, 6.07) is -0.283. The monoisotopic (exact) mass is 226 g/mol. The minimum atomic E-state index is -0.283.